The summed E-state index contributed by atoms with van der Waals surface area (Å²) in [4.78, 5) is 30.8. The Morgan fingerprint density at radius 2 is 1.62 bits per heavy atom. The number of hydrogen-bond donors (Lipinski definition) is 4. The summed E-state index contributed by atoms with van der Waals surface area (Å²) in [5.41, 5.74) is -5.01. The smallest absolute Gasteiger partial charge is 0.399 e. The fourth-order valence-corrected chi connectivity index (χ4v) is 5.38. The standard InChI is InChI=1S/C25H26BrF2N2O7PS/c26-20-11-13-21(14-12-20)37-16-4-15-29-24(31)23(30-39(35,36)22-5-2-1-3-6-22)17-18-7-9-19(10-8-18)25(27,28)38(32,33)34/h1-3,5-14,23,30H,4,15-17H2,(H,29,31)(H2,32,33,34)/t23-/m0/s1. The molecule has 0 aliphatic heterocycles. The van der Waals surface area contributed by atoms with Crippen LogP contribution in [0.15, 0.2) is 88.2 Å². The number of amides is 1. The van der Waals surface area contributed by atoms with Crippen molar-refractivity contribution in [2.75, 3.05) is 13.2 Å². The van der Waals surface area contributed by atoms with Gasteiger partial charge in [-0.1, -0.05) is 58.4 Å². The van der Waals surface area contributed by atoms with E-state index in [4.69, 9.17) is 14.5 Å². The van der Waals surface area contributed by atoms with E-state index in [1.54, 1.807) is 18.2 Å². The van der Waals surface area contributed by atoms with Crippen molar-refractivity contribution in [2.45, 2.75) is 29.4 Å². The maximum atomic E-state index is 14.0. The number of alkyl halides is 2. The first kappa shape index (κ1) is 30.9. The van der Waals surface area contributed by atoms with Crippen LogP contribution in [-0.2, 0) is 31.5 Å². The van der Waals surface area contributed by atoms with E-state index in [1.807, 2.05) is 12.1 Å². The van der Waals surface area contributed by atoms with Gasteiger partial charge in [0, 0.05) is 16.6 Å². The van der Waals surface area contributed by atoms with Crippen molar-refractivity contribution in [3.05, 3.63) is 94.5 Å². The third-order valence-electron chi connectivity index (χ3n) is 5.48. The summed E-state index contributed by atoms with van der Waals surface area (Å²) in [6.07, 6.45) is 0.209. The number of halogens is 3. The monoisotopic (exact) mass is 646 g/mol. The summed E-state index contributed by atoms with van der Waals surface area (Å²) in [7, 11) is -9.87. The van der Waals surface area contributed by atoms with Crippen LogP contribution in [0.25, 0.3) is 0 Å². The zero-order valence-electron chi connectivity index (χ0n) is 20.3. The maximum Gasteiger partial charge on any atom is 0.399 e. The lowest BCUT2D eigenvalue weighted by Crippen LogP contribution is -2.48. The molecule has 0 heterocycles. The number of ether oxygens (including phenoxy) is 1. The van der Waals surface area contributed by atoms with Gasteiger partial charge in [-0.2, -0.15) is 13.5 Å². The van der Waals surface area contributed by atoms with Crippen LogP contribution >= 0.6 is 23.5 Å². The summed E-state index contributed by atoms with van der Waals surface area (Å²) in [5, 5.41) is 2.65. The average molecular weight is 647 g/mol. The highest BCUT2D eigenvalue weighted by atomic mass is 79.9. The molecule has 0 radical (unpaired) electrons. The highest BCUT2D eigenvalue weighted by molar-refractivity contribution is 9.10. The number of hydrogen-bond acceptors (Lipinski definition) is 5. The molecule has 0 bridgehead atoms. The molecular formula is C25H26BrF2N2O7PS. The Morgan fingerprint density at radius 1 is 1.00 bits per heavy atom. The van der Waals surface area contributed by atoms with Crippen molar-refractivity contribution in [3.8, 4) is 5.75 Å². The van der Waals surface area contributed by atoms with Gasteiger partial charge in [0.1, 0.15) is 11.8 Å². The number of benzene rings is 3. The second-order valence-corrected chi connectivity index (χ2v) is 12.7. The largest absolute Gasteiger partial charge is 0.494 e. The molecule has 14 heteroatoms. The second-order valence-electron chi connectivity index (χ2n) is 8.42. The fourth-order valence-electron chi connectivity index (χ4n) is 3.42. The van der Waals surface area contributed by atoms with Crippen LogP contribution in [0, 0.1) is 0 Å². The van der Waals surface area contributed by atoms with Gasteiger partial charge < -0.3 is 19.8 Å². The lowest BCUT2D eigenvalue weighted by molar-refractivity contribution is -0.122. The summed E-state index contributed by atoms with van der Waals surface area (Å²) in [6, 6.07) is 17.2. The molecule has 0 spiro atoms. The molecule has 0 aromatic heterocycles. The van der Waals surface area contributed by atoms with Gasteiger partial charge in [0.25, 0.3) is 0 Å². The van der Waals surface area contributed by atoms with Gasteiger partial charge in [-0.15, -0.1) is 0 Å². The summed E-state index contributed by atoms with van der Waals surface area (Å²) < 4.78 is 73.8. The van der Waals surface area contributed by atoms with Gasteiger partial charge in [-0.25, -0.2) is 8.42 Å². The van der Waals surface area contributed by atoms with Crippen molar-refractivity contribution >= 4 is 39.5 Å². The predicted molar refractivity (Wildman–Crippen MR) is 144 cm³/mol. The van der Waals surface area contributed by atoms with E-state index in [1.165, 1.54) is 24.3 Å². The second kappa shape index (κ2) is 13.1. The molecule has 0 aliphatic rings. The number of carbonyl (C=O) groups excluding carboxylic acids is 1. The first-order valence-electron chi connectivity index (χ1n) is 11.6. The Morgan fingerprint density at radius 3 is 2.21 bits per heavy atom. The lowest BCUT2D eigenvalue weighted by atomic mass is 10.0. The zero-order valence-corrected chi connectivity index (χ0v) is 23.6. The summed E-state index contributed by atoms with van der Waals surface area (Å²) in [5.74, 6) is -0.00595. The van der Waals surface area contributed by atoms with Crippen LogP contribution in [0.2, 0.25) is 0 Å². The average Bonchev–Trinajstić information content (AvgIpc) is 2.89. The minimum absolute atomic E-state index is 0.0673. The van der Waals surface area contributed by atoms with Crippen molar-refractivity contribution in [2.24, 2.45) is 0 Å². The molecule has 0 aliphatic carbocycles. The van der Waals surface area contributed by atoms with Crippen molar-refractivity contribution in [1.82, 2.24) is 10.0 Å². The van der Waals surface area contributed by atoms with Crippen LogP contribution < -0.4 is 14.8 Å². The molecular weight excluding hydrogens is 621 g/mol. The van der Waals surface area contributed by atoms with E-state index < -0.39 is 40.8 Å². The van der Waals surface area contributed by atoms with Crippen LogP contribution in [0.3, 0.4) is 0 Å². The molecule has 0 fully saturated rings. The topological polar surface area (TPSA) is 142 Å². The Kier molecular flexibility index (Phi) is 10.4. The van der Waals surface area contributed by atoms with E-state index in [0.717, 1.165) is 28.7 Å². The molecule has 3 aromatic rings. The zero-order chi connectivity index (χ0) is 28.7. The van der Waals surface area contributed by atoms with Crippen LogP contribution in [0.4, 0.5) is 8.78 Å². The first-order valence-corrected chi connectivity index (χ1v) is 15.4. The minimum atomic E-state index is -5.75. The molecule has 9 nitrogen and oxygen atoms in total. The maximum absolute atomic E-state index is 14.0. The molecule has 0 saturated heterocycles. The summed E-state index contributed by atoms with van der Waals surface area (Å²) in [6.45, 7) is 0.462. The van der Waals surface area contributed by atoms with E-state index in [-0.39, 0.29) is 30.0 Å². The van der Waals surface area contributed by atoms with Crippen LogP contribution in [0.5, 0.6) is 5.75 Å². The van der Waals surface area contributed by atoms with Gasteiger partial charge in [-0.05, 0) is 54.8 Å². The molecule has 39 heavy (non-hydrogen) atoms. The van der Waals surface area contributed by atoms with Gasteiger partial charge in [-0.3, -0.25) is 9.36 Å². The highest BCUT2D eigenvalue weighted by Crippen LogP contribution is 2.59. The van der Waals surface area contributed by atoms with E-state index >= 15 is 0 Å². The molecule has 3 rings (SSSR count). The summed E-state index contributed by atoms with van der Waals surface area (Å²) >= 11 is 3.33. The van der Waals surface area contributed by atoms with Crippen molar-refractivity contribution in [3.63, 3.8) is 0 Å². The predicted octanol–water partition coefficient (Wildman–Crippen LogP) is 4.15. The van der Waals surface area contributed by atoms with Crippen molar-refractivity contribution < 1.29 is 41.1 Å². The molecule has 0 saturated carbocycles. The van der Waals surface area contributed by atoms with Gasteiger partial charge >= 0.3 is 13.3 Å². The highest BCUT2D eigenvalue weighted by Gasteiger charge is 2.50. The SMILES string of the molecule is O=C(NCCCOc1ccc(Br)cc1)[C@H](Cc1ccc(C(F)(F)P(=O)(O)O)cc1)NS(=O)(=O)c1ccccc1. The van der Waals surface area contributed by atoms with E-state index in [2.05, 4.69) is 26.0 Å². The van der Waals surface area contributed by atoms with Crippen LogP contribution in [0.1, 0.15) is 17.5 Å². The Bertz CT molecular complexity index is 1400. The quantitative estimate of drug-likeness (QED) is 0.161. The van der Waals surface area contributed by atoms with Crippen LogP contribution in [-0.4, -0.2) is 43.3 Å². The number of carbonyl (C=O) groups is 1. The molecule has 0 unspecified atom stereocenters. The Hall–Kier alpha value is -2.67. The third-order valence-corrected chi connectivity index (χ3v) is 8.48. The Balaban J connectivity index is 1.69. The first-order chi connectivity index (χ1) is 18.3. The number of rotatable bonds is 13. The van der Waals surface area contributed by atoms with Gasteiger partial charge in [0.2, 0.25) is 15.9 Å². The molecule has 1 amide bonds. The lowest BCUT2D eigenvalue weighted by Gasteiger charge is -2.20. The third kappa shape index (κ3) is 8.66. The number of nitrogens with one attached hydrogen (secondary N) is 2. The van der Waals surface area contributed by atoms with Gasteiger partial charge in [0.05, 0.1) is 11.5 Å². The normalized spacial score (nSPS) is 13.1. The van der Waals surface area contributed by atoms with E-state index in [9.17, 15) is 26.6 Å². The molecule has 1 atom stereocenters. The molecule has 210 valence electrons. The number of sulfonamides is 1. The van der Waals surface area contributed by atoms with Crippen molar-refractivity contribution in [1.29, 1.82) is 0 Å². The van der Waals surface area contributed by atoms with E-state index in [0.29, 0.717) is 12.2 Å². The van der Waals surface area contributed by atoms with Gasteiger partial charge in [0.15, 0.2) is 0 Å². The minimum Gasteiger partial charge on any atom is -0.494 e. The molecule has 4 N–H and O–H groups in total. The molecule has 3 aromatic carbocycles. The Labute approximate surface area is 232 Å². The fraction of sp³-hybridized carbons (Fsp3) is 0.240.